The van der Waals surface area contributed by atoms with E-state index in [9.17, 15) is 4.79 Å². The summed E-state index contributed by atoms with van der Waals surface area (Å²) in [5.74, 6) is 1.77. The average Bonchev–Trinajstić information content (AvgIpc) is 3.49. The number of thioether (sulfide) groups is 1. The average molecular weight is 455 g/mol. The number of rotatable bonds is 9. The van der Waals surface area contributed by atoms with E-state index in [1.807, 2.05) is 47.0 Å². The summed E-state index contributed by atoms with van der Waals surface area (Å²) in [6.45, 7) is 4.82. The molecule has 4 aromatic rings. The number of anilines is 1. The molecule has 3 aromatic heterocycles. The number of hydrogen-bond acceptors (Lipinski definition) is 8. The maximum Gasteiger partial charge on any atom is 0.236 e. The molecule has 4 rings (SSSR count). The van der Waals surface area contributed by atoms with E-state index in [0.717, 1.165) is 17.0 Å². The Morgan fingerprint density at radius 1 is 1.13 bits per heavy atom. The first-order valence-corrected chi connectivity index (χ1v) is 11.6. The molecule has 1 N–H and O–H groups in total. The smallest absolute Gasteiger partial charge is 0.236 e. The minimum Gasteiger partial charge on any atom is -0.461 e. The summed E-state index contributed by atoms with van der Waals surface area (Å²) in [6, 6.07) is 13.7. The van der Waals surface area contributed by atoms with Crippen LogP contribution in [0.4, 0.5) is 5.13 Å². The highest BCUT2D eigenvalue weighted by Crippen LogP contribution is 2.26. The third-order valence-corrected chi connectivity index (χ3v) is 6.10. The molecule has 10 heteroatoms. The number of benzene rings is 1. The Balaban J connectivity index is 1.45. The Hall–Kier alpha value is -2.98. The Morgan fingerprint density at radius 2 is 1.97 bits per heavy atom. The van der Waals surface area contributed by atoms with Crippen LogP contribution in [-0.2, 0) is 17.8 Å². The van der Waals surface area contributed by atoms with Gasteiger partial charge in [-0.25, -0.2) is 0 Å². The molecule has 0 atom stereocenters. The normalized spacial score (nSPS) is 11.2. The van der Waals surface area contributed by atoms with Crippen molar-refractivity contribution >= 4 is 34.1 Å². The second-order valence-electron chi connectivity index (χ2n) is 7.29. The molecule has 0 bridgehead atoms. The predicted octanol–water partition coefficient (Wildman–Crippen LogP) is 4.37. The molecular weight excluding hydrogens is 432 g/mol. The molecule has 160 valence electrons. The Morgan fingerprint density at radius 3 is 2.71 bits per heavy atom. The van der Waals surface area contributed by atoms with Crippen LogP contribution in [0.2, 0.25) is 0 Å². The molecule has 0 unspecified atom stereocenters. The summed E-state index contributed by atoms with van der Waals surface area (Å²) in [7, 11) is 0. The van der Waals surface area contributed by atoms with Crippen molar-refractivity contribution in [3.05, 3.63) is 59.3 Å². The van der Waals surface area contributed by atoms with Crippen LogP contribution in [0, 0.1) is 5.92 Å². The molecule has 1 amide bonds. The van der Waals surface area contributed by atoms with E-state index < -0.39 is 0 Å². The van der Waals surface area contributed by atoms with Crippen LogP contribution < -0.4 is 5.32 Å². The largest absolute Gasteiger partial charge is 0.461 e. The van der Waals surface area contributed by atoms with E-state index in [1.54, 1.807) is 6.26 Å². The lowest BCUT2D eigenvalue weighted by molar-refractivity contribution is -0.113. The van der Waals surface area contributed by atoms with Crippen molar-refractivity contribution in [2.75, 3.05) is 11.1 Å². The second kappa shape index (κ2) is 9.88. The van der Waals surface area contributed by atoms with Crippen LogP contribution in [0.25, 0.3) is 11.6 Å². The third-order valence-electron chi connectivity index (χ3n) is 4.27. The van der Waals surface area contributed by atoms with Gasteiger partial charge in [0.25, 0.3) is 0 Å². The number of hydrogen-bond donors (Lipinski definition) is 1. The van der Waals surface area contributed by atoms with E-state index in [-0.39, 0.29) is 11.7 Å². The zero-order chi connectivity index (χ0) is 21.6. The Labute approximate surface area is 188 Å². The molecule has 31 heavy (non-hydrogen) atoms. The molecule has 0 fully saturated rings. The van der Waals surface area contributed by atoms with Gasteiger partial charge < -0.3 is 4.42 Å². The number of aromatic nitrogens is 5. The highest BCUT2D eigenvalue weighted by Gasteiger charge is 2.18. The zero-order valence-corrected chi connectivity index (χ0v) is 18.8. The lowest BCUT2D eigenvalue weighted by atomic mass is 10.1. The summed E-state index contributed by atoms with van der Waals surface area (Å²) < 4.78 is 7.48. The van der Waals surface area contributed by atoms with Crippen molar-refractivity contribution in [1.82, 2.24) is 25.0 Å². The van der Waals surface area contributed by atoms with Crippen molar-refractivity contribution in [2.24, 2.45) is 5.92 Å². The first-order chi connectivity index (χ1) is 15.1. The Bertz CT molecular complexity index is 1120. The maximum absolute atomic E-state index is 12.5. The first-order valence-electron chi connectivity index (χ1n) is 9.84. The predicted molar refractivity (Wildman–Crippen MR) is 121 cm³/mol. The quantitative estimate of drug-likeness (QED) is 0.375. The summed E-state index contributed by atoms with van der Waals surface area (Å²) in [5, 5.41) is 21.7. The molecule has 1 aromatic carbocycles. The van der Waals surface area contributed by atoms with Gasteiger partial charge in [-0.05, 0) is 23.6 Å². The lowest BCUT2D eigenvalue weighted by Gasteiger charge is -2.09. The fourth-order valence-electron chi connectivity index (χ4n) is 2.91. The number of amides is 1. The van der Waals surface area contributed by atoms with Crippen LogP contribution in [-0.4, -0.2) is 36.6 Å². The minimum absolute atomic E-state index is 0.161. The lowest BCUT2D eigenvalue weighted by Crippen LogP contribution is -2.14. The molecule has 0 aliphatic rings. The van der Waals surface area contributed by atoms with Gasteiger partial charge in [-0.1, -0.05) is 67.3 Å². The van der Waals surface area contributed by atoms with E-state index in [4.69, 9.17) is 4.42 Å². The van der Waals surface area contributed by atoms with Gasteiger partial charge in [0, 0.05) is 6.42 Å². The number of nitrogens with one attached hydrogen (secondary N) is 1. The van der Waals surface area contributed by atoms with Gasteiger partial charge in [0.1, 0.15) is 5.01 Å². The molecule has 0 aliphatic heterocycles. The molecule has 3 heterocycles. The van der Waals surface area contributed by atoms with Gasteiger partial charge in [-0.3, -0.25) is 14.7 Å². The number of nitrogens with zero attached hydrogens (tertiary/aromatic N) is 5. The standard InChI is InChI=1S/C21H22N6O2S2/c1-14(2)11-18-23-25-20(31-18)22-17(28)13-30-21-26-24-19(16-9-6-10-29-16)27(21)12-15-7-4-3-5-8-15/h3-10,14H,11-13H2,1-2H3,(H,22,25,28). The van der Waals surface area contributed by atoms with Crippen molar-refractivity contribution in [2.45, 2.75) is 32.0 Å². The first kappa shape index (κ1) is 21.3. The van der Waals surface area contributed by atoms with E-state index in [0.29, 0.717) is 34.3 Å². The van der Waals surface area contributed by atoms with Gasteiger partial charge in [-0.2, -0.15) is 0 Å². The topological polar surface area (TPSA) is 98.7 Å². The van der Waals surface area contributed by atoms with Crippen molar-refractivity contribution < 1.29 is 9.21 Å². The summed E-state index contributed by atoms with van der Waals surface area (Å²) >= 11 is 2.73. The monoisotopic (exact) mass is 454 g/mol. The molecule has 0 spiro atoms. The number of carbonyl (C=O) groups is 1. The van der Waals surface area contributed by atoms with Crippen LogP contribution in [0.15, 0.2) is 58.3 Å². The van der Waals surface area contributed by atoms with Gasteiger partial charge in [0.05, 0.1) is 18.6 Å². The number of furan rings is 1. The molecule has 0 saturated heterocycles. The summed E-state index contributed by atoms with van der Waals surface area (Å²) in [5.41, 5.74) is 1.10. The summed E-state index contributed by atoms with van der Waals surface area (Å²) in [6.07, 6.45) is 2.45. The summed E-state index contributed by atoms with van der Waals surface area (Å²) in [4.78, 5) is 12.5. The van der Waals surface area contributed by atoms with Crippen molar-refractivity contribution in [1.29, 1.82) is 0 Å². The molecular formula is C21H22N6O2S2. The second-order valence-corrected chi connectivity index (χ2v) is 9.30. The SMILES string of the molecule is CC(C)Cc1nnc(NC(=O)CSc2nnc(-c3ccco3)n2Cc2ccccc2)s1. The molecule has 8 nitrogen and oxygen atoms in total. The van der Waals surface area contributed by atoms with E-state index in [2.05, 4.69) is 39.6 Å². The van der Waals surface area contributed by atoms with Gasteiger partial charge in [-0.15, -0.1) is 20.4 Å². The van der Waals surface area contributed by atoms with Crippen LogP contribution in [0.1, 0.15) is 24.4 Å². The Kier molecular flexibility index (Phi) is 6.78. The minimum atomic E-state index is -0.161. The number of carbonyl (C=O) groups excluding carboxylic acids is 1. The van der Waals surface area contributed by atoms with Gasteiger partial charge in [0.15, 0.2) is 10.9 Å². The molecule has 0 saturated carbocycles. The van der Waals surface area contributed by atoms with E-state index in [1.165, 1.54) is 23.1 Å². The molecule has 0 radical (unpaired) electrons. The van der Waals surface area contributed by atoms with E-state index >= 15 is 0 Å². The highest BCUT2D eigenvalue weighted by molar-refractivity contribution is 7.99. The maximum atomic E-state index is 12.5. The highest BCUT2D eigenvalue weighted by atomic mass is 32.2. The van der Waals surface area contributed by atoms with Gasteiger partial charge >= 0.3 is 0 Å². The van der Waals surface area contributed by atoms with Crippen molar-refractivity contribution in [3.63, 3.8) is 0 Å². The van der Waals surface area contributed by atoms with Gasteiger partial charge in [0.2, 0.25) is 16.9 Å². The fraction of sp³-hybridized carbons (Fsp3) is 0.286. The third kappa shape index (κ3) is 5.59. The molecule has 0 aliphatic carbocycles. The van der Waals surface area contributed by atoms with Crippen LogP contribution >= 0.6 is 23.1 Å². The zero-order valence-electron chi connectivity index (χ0n) is 17.2. The van der Waals surface area contributed by atoms with Crippen molar-refractivity contribution in [3.8, 4) is 11.6 Å². The van der Waals surface area contributed by atoms with Crippen LogP contribution in [0.5, 0.6) is 0 Å². The van der Waals surface area contributed by atoms with Crippen LogP contribution in [0.3, 0.4) is 0 Å². The fourth-order valence-corrected chi connectivity index (χ4v) is 4.62.